The van der Waals surface area contributed by atoms with E-state index < -0.39 is 22.5 Å². The molecule has 2 aromatic rings. The van der Waals surface area contributed by atoms with Gasteiger partial charge in [0.2, 0.25) is 21.8 Å². The minimum Gasteiger partial charge on any atom is -0.497 e. The number of sulfonamides is 1. The molecule has 1 aliphatic heterocycles. The van der Waals surface area contributed by atoms with Gasteiger partial charge in [0.25, 0.3) is 0 Å². The zero-order chi connectivity index (χ0) is 25.0. The number of benzene rings is 2. The van der Waals surface area contributed by atoms with Crippen LogP contribution in [0.25, 0.3) is 0 Å². The zero-order valence-corrected chi connectivity index (χ0v) is 20.9. The number of fused-ring (bicyclic) bond motifs is 1. The molecule has 9 nitrogen and oxygen atoms in total. The van der Waals surface area contributed by atoms with Crippen LogP contribution in [0.5, 0.6) is 5.75 Å². The molecule has 0 aliphatic carbocycles. The molecular formula is C24H30N4O5S. The number of hydrogen-bond acceptors (Lipinski definition) is 6. The van der Waals surface area contributed by atoms with Crippen LogP contribution in [-0.2, 0) is 32.6 Å². The van der Waals surface area contributed by atoms with Crippen LogP contribution in [0.4, 0.5) is 5.69 Å². The van der Waals surface area contributed by atoms with Crippen molar-refractivity contribution >= 4 is 33.7 Å². The Hall–Kier alpha value is -3.24. The third-order valence-corrected chi connectivity index (χ3v) is 7.78. The normalized spacial score (nSPS) is 12.5. The summed E-state index contributed by atoms with van der Waals surface area (Å²) in [5.41, 5.74) is 4.10. The van der Waals surface area contributed by atoms with E-state index >= 15 is 0 Å². The molecule has 0 aromatic heterocycles. The van der Waals surface area contributed by atoms with E-state index in [0.29, 0.717) is 23.4 Å². The van der Waals surface area contributed by atoms with E-state index in [1.54, 1.807) is 33.0 Å². The van der Waals surface area contributed by atoms with E-state index in [0.717, 1.165) is 27.5 Å². The van der Waals surface area contributed by atoms with Gasteiger partial charge in [-0.25, -0.2) is 8.42 Å². The Balaban J connectivity index is 1.55. The van der Waals surface area contributed by atoms with E-state index in [4.69, 9.17) is 4.74 Å². The van der Waals surface area contributed by atoms with E-state index in [2.05, 4.69) is 10.3 Å². The predicted octanol–water partition coefficient (Wildman–Crippen LogP) is 1.97. The lowest BCUT2D eigenvalue weighted by molar-refractivity contribution is -0.132. The number of aliphatic imine (C=N–C) groups is 1. The van der Waals surface area contributed by atoms with Crippen molar-refractivity contribution < 1.29 is 22.7 Å². The fourth-order valence-corrected chi connectivity index (χ4v) is 5.40. The van der Waals surface area contributed by atoms with Crippen LogP contribution >= 0.6 is 0 Å². The summed E-state index contributed by atoms with van der Waals surface area (Å²) in [5, 5.41) is 2.52. The van der Waals surface area contributed by atoms with Crippen molar-refractivity contribution in [3.8, 4) is 5.75 Å². The van der Waals surface area contributed by atoms with Gasteiger partial charge < -0.3 is 15.0 Å². The smallest absolute Gasteiger partial charge is 0.243 e. The molecule has 0 fully saturated rings. The minimum atomic E-state index is -3.91. The topological polar surface area (TPSA) is 108 Å². The molecule has 0 unspecified atom stereocenters. The molecule has 182 valence electrons. The minimum absolute atomic E-state index is 0.138. The van der Waals surface area contributed by atoms with E-state index in [1.807, 2.05) is 24.4 Å². The van der Waals surface area contributed by atoms with E-state index in [1.165, 1.54) is 19.1 Å². The van der Waals surface area contributed by atoms with Gasteiger partial charge in [-0.1, -0.05) is 12.1 Å². The molecule has 10 heteroatoms. The lowest BCUT2D eigenvalue weighted by atomic mass is 10.1. The number of hydrogen-bond donors (Lipinski definition) is 1. The number of methoxy groups -OCH3 is 1. The van der Waals surface area contributed by atoms with Crippen molar-refractivity contribution in [1.82, 2.24) is 14.5 Å². The molecule has 34 heavy (non-hydrogen) atoms. The van der Waals surface area contributed by atoms with Gasteiger partial charge in [0, 0.05) is 33.3 Å². The maximum atomic E-state index is 13.1. The summed E-state index contributed by atoms with van der Waals surface area (Å²) in [6.07, 6.45) is 2.64. The number of rotatable bonds is 9. The molecule has 2 amide bonds. The standard InChI is InChI=1S/C24H30N4O5S/c1-16-10-20(33-5)11-17(2)24(16)34(31,32)28(4)15-22(29)26-13-23(30)27(3)14-18-6-7-21-19(12-18)8-9-25-21/h6-7,9-12H,8,13-15H2,1-5H3,(H,26,29). The first kappa shape index (κ1) is 25.4. The highest BCUT2D eigenvalue weighted by atomic mass is 32.2. The number of carbonyl (C=O) groups excluding carboxylic acids is 2. The molecule has 0 atom stereocenters. The molecule has 0 bridgehead atoms. The van der Waals surface area contributed by atoms with Crippen molar-refractivity contribution in [3.05, 3.63) is 52.6 Å². The molecule has 1 heterocycles. The summed E-state index contributed by atoms with van der Waals surface area (Å²) in [7, 11) is 0.596. The Kier molecular flexibility index (Phi) is 7.73. The first-order valence-corrected chi connectivity index (χ1v) is 12.2. The number of ether oxygens (including phenoxy) is 1. The second-order valence-corrected chi connectivity index (χ2v) is 10.3. The fourth-order valence-electron chi connectivity index (χ4n) is 3.87. The van der Waals surface area contributed by atoms with Crippen molar-refractivity contribution in [2.75, 3.05) is 34.3 Å². The zero-order valence-electron chi connectivity index (χ0n) is 20.1. The Labute approximate surface area is 200 Å². The van der Waals surface area contributed by atoms with Gasteiger partial charge in [-0.3, -0.25) is 14.6 Å². The highest BCUT2D eigenvalue weighted by Gasteiger charge is 2.27. The van der Waals surface area contributed by atoms with Crippen molar-refractivity contribution in [3.63, 3.8) is 0 Å². The summed E-state index contributed by atoms with van der Waals surface area (Å²) >= 11 is 0. The van der Waals surface area contributed by atoms with Crippen LogP contribution in [0.15, 0.2) is 40.2 Å². The number of likely N-dealkylation sites (N-methyl/N-ethyl adjacent to an activating group) is 2. The Morgan fingerprint density at radius 1 is 1.12 bits per heavy atom. The summed E-state index contributed by atoms with van der Waals surface area (Å²) in [6, 6.07) is 9.14. The van der Waals surface area contributed by atoms with Gasteiger partial charge >= 0.3 is 0 Å². The van der Waals surface area contributed by atoms with Crippen molar-refractivity contribution in [2.24, 2.45) is 4.99 Å². The van der Waals surface area contributed by atoms with Gasteiger partial charge in [0.05, 0.1) is 30.8 Å². The van der Waals surface area contributed by atoms with E-state index in [-0.39, 0.29) is 17.3 Å². The number of nitrogens with zero attached hydrogens (tertiary/aromatic N) is 3. The molecule has 0 radical (unpaired) electrons. The fraction of sp³-hybridized carbons (Fsp3) is 0.375. The third kappa shape index (κ3) is 5.63. The maximum absolute atomic E-state index is 13.1. The van der Waals surface area contributed by atoms with Gasteiger partial charge in [0.15, 0.2) is 0 Å². The third-order valence-electron chi connectivity index (χ3n) is 5.67. The Bertz CT molecular complexity index is 1220. The summed E-state index contributed by atoms with van der Waals surface area (Å²) in [6.45, 7) is 3.12. The first-order chi connectivity index (χ1) is 16.0. The second-order valence-electron chi connectivity index (χ2n) is 8.36. The quantitative estimate of drug-likeness (QED) is 0.583. The first-order valence-electron chi connectivity index (χ1n) is 10.8. The lowest BCUT2D eigenvalue weighted by Gasteiger charge is -2.21. The number of carbonyl (C=O) groups is 2. The maximum Gasteiger partial charge on any atom is 0.243 e. The second kappa shape index (κ2) is 10.4. The molecular weight excluding hydrogens is 456 g/mol. The average Bonchev–Trinajstić information content (AvgIpc) is 3.24. The summed E-state index contributed by atoms with van der Waals surface area (Å²) in [5.74, 6) is -0.283. The lowest BCUT2D eigenvalue weighted by Crippen LogP contribution is -2.43. The average molecular weight is 487 g/mol. The van der Waals surface area contributed by atoms with Gasteiger partial charge in [-0.2, -0.15) is 4.31 Å². The van der Waals surface area contributed by atoms with Crippen LogP contribution in [0, 0.1) is 13.8 Å². The predicted molar refractivity (Wildman–Crippen MR) is 130 cm³/mol. The molecule has 0 spiro atoms. The molecule has 1 N–H and O–H groups in total. The van der Waals surface area contributed by atoms with Crippen molar-refractivity contribution in [1.29, 1.82) is 0 Å². The van der Waals surface area contributed by atoms with Crippen molar-refractivity contribution in [2.45, 2.75) is 31.7 Å². The number of nitrogens with one attached hydrogen (secondary N) is 1. The Morgan fingerprint density at radius 2 is 1.79 bits per heavy atom. The summed E-state index contributed by atoms with van der Waals surface area (Å²) in [4.78, 5) is 30.8. The van der Waals surface area contributed by atoms with Crippen LogP contribution in [0.3, 0.4) is 0 Å². The van der Waals surface area contributed by atoms with Gasteiger partial charge in [-0.15, -0.1) is 0 Å². The SMILES string of the molecule is COc1cc(C)c(S(=O)(=O)N(C)CC(=O)NCC(=O)N(C)Cc2ccc3c(c2)CC=N3)c(C)c1. The highest BCUT2D eigenvalue weighted by Crippen LogP contribution is 2.28. The number of amides is 2. The molecule has 1 aliphatic rings. The van der Waals surface area contributed by atoms with Gasteiger partial charge in [0.1, 0.15) is 5.75 Å². The number of aryl methyl sites for hydroxylation is 2. The molecule has 3 rings (SSSR count). The Morgan fingerprint density at radius 3 is 2.44 bits per heavy atom. The molecule has 0 saturated heterocycles. The highest BCUT2D eigenvalue weighted by molar-refractivity contribution is 7.89. The van der Waals surface area contributed by atoms with E-state index in [9.17, 15) is 18.0 Å². The monoisotopic (exact) mass is 486 g/mol. The molecule has 0 saturated carbocycles. The van der Waals surface area contributed by atoms with Crippen LogP contribution in [-0.4, -0.2) is 69.9 Å². The van der Waals surface area contributed by atoms with Crippen LogP contribution < -0.4 is 10.1 Å². The van der Waals surface area contributed by atoms with Crippen LogP contribution in [0.1, 0.15) is 22.3 Å². The molecule has 2 aromatic carbocycles. The largest absolute Gasteiger partial charge is 0.497 e. The summed E-state index contributed by atoms with van der Waals surface area (Å²) < 4.78 is 32.3. The van der Waals surface area contributed by atoms with Crippen LogP contribution in [0.2, 0.25) is 0 Å². The van der Waals surface area contributed by atoms with Gasteiger partial charge in [-0.05, 0) is 54.3 Å².